The van der Waals surface area contributed by atoms with Crippen molar-refractivity contribution in [2.45, 2.75) is 6.42 Å². The molecule has 0 spiro atoms. The number of benzene rings is 1. The van der Waals surface area contributed by atoms with Crippen LogP contribution in [0.3, 0.4) is 0 Å². The van der Waals surface area contributed by atoms with E-state index in [9.17, 15) is 9.59 Å². The molecular formula is C11H14N2O3. The van der Waals surface area contributed by atoms with E-state index in [-0.39, 0.29) is 12.3 Å². The maximum atomic E-state index is 11.3. The van der Waals surface area contributed by atoms with Gasteiger partial charge >= 0.3 is 5.97 Å². The van der Waals surface area contributed by atoms with Crippen molar-refractivity contribution in [2.75, 3.05) is 19.0 Å². The highest BCUT2D eigenvalue weighted by Crippen LogP contribution is 2.11. The highest BCUT2D eigenvalue weighted by molar-refractivity contribution is 5.94. The van der Waals surface area contributed by atoms with Crippen molar-refractivity contribution in [3.63, 3.8) is 0 Å². The fourth-order valence-corrected chi connectivity index (χ4v) is 1.20. The van der Waals surface area contributed by atoms with Gasteiger partial charge in [0.25, 0.3) is 0 Å². The standard InChI is InChI=1S/C11H14N2O3/c1-16-11(15)8-3-2-4-9(7-8)13-10(14)5-6-12/h2-4,7H,5-6,12H2,1H3,(H,13,14). The summed E-state index contributed by atoms with van der Waals surface area (Å²) in [5.74, 6) is -0.612. The zero-order valence-corrected chi connectivity index (χ0v) is 9.03. The van der Waals surface area contributed by atoms with Crippen LogP contribution in [0, 0.1) is 0 Å². The minimum Gasteiger partial charge on any atom is -0.465 e. The zero-order chi connectivity index (χ0) is 12.0. The van der Waals surface area contributed by atoms with Crippen molar-refractivity contribution in [1.82, 2.24) is 0 Å². The number of esters is 1. The largest absolute Gasteiger partial charge is 0.465 e. The molecule has 1 aromatic carbocycles. The number of anilines is 1. The molecule has 0 saturated heterocycles. The van der Waals surface area contributed by atoms with Gasteiger partial charge in [0, 0.05) is 18.7 Å². The summed E-state index contributed by atoms with van der Waals surface area (Å²) in [4.78, 5) is 22.5. The summed E-state index contributed by atoms with van der Waals surface area (Å²) in [6.45, 7) is 0.294. The molecule has 0 aliphatic heterocycles. The van der Waals surface area contributed by atoms with E-state index in [1.807, 2.05) is 0 Å². The van der Waals surface area contributed by atoms with Gasteiger partial charge in [-0.05, 0) is 18.2 Å². The molecule has 0 aliphatic carbocycles. The van der Waals surface area contributed by atoms with Crippen LogP contribution in [0.4, 0.5) is 5.69 Å². The molecule has 0 unspecified atom stereocenters. The Labute approximate surface area is 93.6 Å². The molecule has 86 valence electrons. The molecule has 0 aromatic heterocycles. The number of rotatable bonds is 4. The maximum absolute atomic E-state index is 11.3. The summed E-state index contributed by atoms with van der Waals surface area (Å²) in [7, 11) is 1.31. The third kappa shape index (κ3) is 3.36. The van der Waals surface area contributed by atoms with Gasteiger partial charge in [-0.3, -0.25) is 4.79 Å². The number of hydrogen-bond donors (Lipinski definition) is 2. The van der Waals surface area contributed by atoms with Crippen LogP contribution in [0.1, 0.15) is 16.8 Å². The molecule has 0 heterocycles. The predicted molar refractivity (Wildman–Crippen MR) is 60.1 cm³/mol. The molecule has 1 rings (SSSR count). The summed E-state index contributed by atoms with van der Waals surface area (Å²) in [5, 5.41) is 2.64. The Morgan fingerprint density at radius 2 is 2.19 bits per heavy atom. The van der Waals surface area contributed by atoms with Crippen LogP contribution >= 0.6 is 0 Å². The van der Waals surface area contributed by atoms with E-state index in [0.29, 0.717) is 17.8 Å². The first-order chi connectivity index (χ1) is 7.67. The fourth-order valence-electron chi connectivity index (χ4n) is 1.20. The first-order valence-corrected chi connectivity index (χ1v) is 4.85. The number of ether oxygens (including phenoxy) is 1. The monoisotopic (exact) mass is 222 g/mol. The molecule has 1 amide bonds. The Bertz CT molecular complexity index is 391. The third-order valence-corrected chi connectivity index (χ3v) is 1.94. The second-order valence-corrected chi connectivity index (χ2v) is 3.16. The minimum atomic E-state index is -0.435. The van der Waals surface area contributed by atoms with Gasteiger partial charge in [0.05, 0.1) is 12.7 Å². The molecule has 0 radical (unpaired) electrons. The van der Waals surface area contributed by atoms with Crippen LogP contribution < -0.4 is 11.1 Å². The van der Waals surface area contributed by atoms with Crippen molar-refractivity contribution < 1.29 is 14.3 Å². The fraction of sp³-hybridized carbons (Fsp3) is 0.273. The Kier molecular flexibility index (Phi) is 4.47. The Morgan fingerprint density at radius 1 is 1.44 bits per heavy atom. The second-order valence-electron chi connectivity index (χ2n) is 3.16. The molecule has 16 heavy (non-hydrogen) atoms. The first-order valence-electron chi connectivity index (χ1n) is 4.85. The van der Waals surface area contributed by atoms with Gasteiger partial charge in [0.15, 0.2) is 0 Å². The Balaban J connectivity index is 2.74. The van der Waals surface area contributed by atoms with Gasteiger partial charge in [0.1, 0.15) is 0 Å². The number of hydrogen-bond acceptors (Lipinski definition) is 4. The van der Waals surface area contributed by atoms with E-state index in [2.05, 4.69) is 10.1 Å². The third-order valence-electron chi connectivity index (χ3n) is 1.94. The van der Waals surface area contributed by atoms with Gasteiger partial charge < -0.3 is 15.8 Å². The lowest BCUT2D eigenvalue weighted by molar-refractivity contribution is -0.116. The highest BCUT2D eigenvalue weighted by atomic mass is 16.5. The number of carbonyl (C=O) groups excluding carboxylic acids is 2. The number of nitrogens with two attached hydrogens (primary N) is 1. The van der Waals surface area contributed by atoms with Crippen LogP contribution in [-0.2, 0) is 9.53 Å². The predicted octanol–water partition coefficient (Wildman–Crippen LogP) is 0.760. The van der Waals surface area contributed by atoms with E-state index in [1.165, 1.54) is 7.11 Å². The van der Waals surface area contributed by atoms with E-state index in [4.69, 9.17) is 5.73 Å². The number of nitrogens with one attached hydrogen (secondary N) is 1. The molecular weight excluding hydrogens is 208 g/mol. The quantitative estimate of drug-likeness (QED) is 0.737. The van der Waals surface area contributed by atoms with E-state index < -0.39 is 5.97 Å². The molecule has 1 aromatic rings. The second kappa shape index (κ2) is 5.87. The van der Waals surface area contributed by atoms with Gasteiger partial charge in [-0.25, -0.2) is 4.79 Å². The molecule has 5 nitrogen and oxygen atoms in total. The summed E-state index contributed by atoms with van der Waals surface area (Å²) in [5.41, 5.74) is 6.20. The summed E-state index contributed by atoms with van der Waals surface area (Å²) in [6.07, 6.45) is 0.252. The molecule has 0 saturated carbocycles. The average Bonchev–Trinajstić information content (AvgIpc) is 2.28. The summed E-state index contributed by atoms with van der Waals surface area (Å²) < 4.78 is 4.57. The number of amides is 1. The van der Waals surface area contributed by atoms with Crippen LogP contribution in [0.2, 0.25) is 0 Å². The lowest BCUT2D eigenvalue weighted by atomic mass is 10.2. The van der Waals surface area contributed by atoms with E-state index >= 15 is 0 Å². The van der Waals surface area contributed by atoms with Crippen LogP contribution in [0.15, 0.2) is 24.3 Å². The lowest BCUT2D eigenvalue weighted by Gasteiger charge is -2.05. The number of methoxy groups -OCH3 is 1. The summed E-state index contributed by atoms with van der Waals surface area (Å²) >= 11 is 0. The average molecular weight is 222 g/mol. The molecule has 0 aliphatic rings. The van der Waals surface area contributed by atoms with Crippen LogP contribution in [0.5, 0.6) is 0 Å². The normalized spacial score (nSPS) is 9.62. The van der Waals surface area contributed by atoms with Crippen molar-refractivity contribution in [3.8, 4) is 0 Å². The smallest absolute Gasteiger partial charge is 0.337 e. The van der Waals surface area contributed by atoms with Gasteiger partial charge in [-0.15, -0.1) is 0 Å². The van der Waals surface area contributed by atoms with Crippen LogP contribution in [0.25, 0.3) is 0 Å². The van der Waals surface area contributed by atoms with Crippen molar-refractivity contribution >= 4 is 17.6 Å². The van der Waals surface area contributed by atoms with Crippen LogP contribution in [-0.4, -0.2) is 25.5 Å². The topological polar surface area (TPSA) is 81.4 Å². The number of carbonyl (C=O) groups is 2. The Hall–Kier alpha value is -1.88. The lowest BCUT2D eigenvalue weighted by Crippen LogP contribution is -2.16. The molecule has 0 bridgehead atoms. The van der Waals surface area contributed by atoms with Crippen molar-refractivity contribution in [2.24, 2.45) is 5.73 Å². The molecule has 5 heteroatoms. The maximum Gasteiger partial charge on any atom is 0.337 e. The van der Waals surface area contributed by atoms with Crippen molar-refractivity contribution in [3.05, 3.63) is 29.8 Å². The first kappa shape index (κ1) is 12.2. The molecule has 0 fully saturated rings. The van der Waals surface area contributed by atoms with E-state index in [0.717, 1.165) is 0 Å². The van der Waals surface area contributed by atoms with Crippen molar-refractivity contribution in [1.29, 1.82) is 0 Å². The minimum absolute atomic E-state index is 0.176. The zero-order valence-electron chi connectivity index (χ0n) is 9.03. The van der Waals surface area contributed by atoms with Gasteiger partial charge in [-0.2, -0.15) is 0 Å². The van der Waals surface area contributed by atoms with Gasteiger partial charge in [-0.1, -0.05) is 6.07 Å². The molecule has 0 atom stereocenters. The SMILES string of the molecule is COC(=O)c1cccc(NC(=O)CCN)c1. The highest BCUT2D eigenvalue weighted by Gasteiger charge is 2.06. The molecule has 3 N–H and O–H groups in total. The van der Waals surface area contributed by atoms with E-state index in [1.54, 1.807) is 24.3 Å². The van der Waals surface area contributed by atoms with Gasteiger partial charge in [0.2, 0.25) is 5.91 Å². The Morgan fingerprint density at radius 3 is 2.81 bits per heavy atom. The summed E-state index contributed by atoms with van der Waals surface area (Å²) in [6, 6.07) is 6.54.